The molecule has 15 heteroatoms. The molecule has 0 unspecified atom stereocenters. The van der Waals surface area contributed by atoms with Gasteiger partial charge in [-0.1, -0.05) is 124 Å². The smallest absolute Gasteiger partial charge is 0.145 e. The van der Waals surface area contributed by atoms with Gasteiger partial charge in [-0.2, -0.15) is 0 Å². The Bertz CT molecular complexity index is 3430. The monoisotopic (exact) mass is 794 g/mol. The highest BCUT2D eigenvalue weighted by Crippen LogP contribution is 2.50. The molecule has 63 heavy (non-hydrogen) atoms. The van der Waals surface area contributed by atoms with Crippen molar-refractivity contribution >= 4 is 206 Å². The summed E-state index contributed by atoms with van der Waals surface area (Å²) in [6.45, 7) is 4.80. The fraction of sp³-hybridized carbons (Fsp3) is 0.0625. The van der Waals surface area contributed by atoms with Gasteiger partial charge >= 0.3 is 0 Å². The van der Waals surface area contributed by atoms with Crippen molar-refractivity contribution in [3.8, 4) is 50.5 Å². The summed E-state index contributed by atoms with van der Waals surface area (Å²) in [5, 5.41) is 5.45. The van der Waals surface area contributed by atoms with E-state index in [1.54, 1.807) is 0 Å². The molecule has 0 fully saturated rings. The van der Waals surface area contributed by atoms with Gasteiger partial charge in [0.15, 0.2) is 0 Å². The molecule has 1 heterocycles. The van der Waals surface area contributed by atoms with E-state index in [9.17, 15) is 0 Å². The molecular formula is C48H47B13N2. The van der Waals surface area contributed by atoms with Gasteiger partial charge in [-0.25, -0.2) is 4.98 Å². The Kier molecular flexibility index (Phi) is 9.62. The highest BCUT2D eigenvalue weighted by molar-refractivity contribution is 6.72. The Morgan fingerprint density at radius 2 is 0.841 bits per heavy atom. The Morgan fingerprint density at radius 1 is 0.397 bits per heavy atom. The van der Waals surface area contributed by atoms with Crippen molar-refractivity contribution in [2.45, 2.75) is 19.3 Å². The summed E-state index contributed by atoms with van der Waals surface area (Å²) in [4.78, 5) is 5.47. The third-order valence-electron chi connectivity index (χ3n) is 16.4. The average molecular weight is 792 g/mol. The van der Waals surface area contributed by atoms with E-state index in [0.29, 0.717) is 0 Å². The fourth-order valence-electron chi connectivity index (χ4n) is 11.6. The van der Waals surface area contributed by atoms with Gasteiger partial charge in [0.25, 0.3) is 0 Å². The van der Waals surface area contributed by atoms with Crippen molar-refractivity contribution in [3.05, 3.63) is 102 Å². The predicted molar refractivity (Wildman–Crippen MR) is 316 cm³/mol. The van der Waals surface area contributed by atoms with Crippen LogP contribution in [-0.2, 0) is 5.41 Å². The Balaban J connectivity index is 1.34. The van der Waals surface area contributed by atoms with Crippen LogP contribution in [0.4, 0.5) is 0 Å². The molecule has 1 aliphatic carbocycles. The molecule has 288 valence electrons. The summed E-state index contributed by atoms with van der Waals surface area (Å²) >= 11 is 0. The van der Waals surface area contributed by atoms with Crippen molar-refractivity contribution in [1.82, 2.24) is 9.55 Å². The Labute approximate surface area is 384 Å². The normalized spacial score (nSPS) is 12.9. The summed E-state index contributed by atoms with van der Waals surface area (Å²) in [5.41, 5.74) is 32.7. The van der Waals surface area contributed by atoms with E-state index < -0.39 is 0 Å². The molecule has 8 aromatic carbocycles. The standard InChI is InChI=1S/C48H47B13N2/c1-48(2)23-11-4-3-10-21(23)22-15-14-19(17-24(22)48)28-31-29(33(49)37(53)39(55)35(31)51)27(30-32(28)36(52)40(56)38(54)34(30)50)18-8-7-9-20(16-18)47-62-25-12-5-6-13-26(25)63(47)46-44(60)42(58)41(57)43(59)45(46)61/h3-17H,49-61H2,1-2H3. The largest absolute Gasteiger partial charge is 0.294 e. The van der Waals surface area contributed by atoms with E-state index in [1.807, 2.05) is 0 Å². The van der Waals surface area contributed by atoms with Crippen molar-refractivity contribution < 1.29 is 0 Å². The first-order valence-electron chi connectivity index (χ1n) is 22.8. The quantitative estimate of drug-likeness (QED) is 0.128. The third-order valence-corrected chi connectivity index (χ3v) is 16.4. The maximum atomic E-state index is 5.47. The highest BCUT2D eigenvalue weighted by Gasteiger charge is 2.36. The van der Waals surface area contributed by atoms with Crippen LogP contribution in [0.5, 0.6) is 0 Å². The van der Waals surface area contributed by atoms with E-state index in [0.717, 1.165) is 22.4 Å². The van der Waals surface area contributed by atoms with Gasteiger partial charge in [-0.3, -0.25) is 4.57 Å². The highest BCUT2D eigenvalue weighted by atomic mass is 15.1. The number of para-hydroxylation sites is 2. The van der Waals surface area contributed by atoms with Crippen LogP contribution in [0.25, 0.3) is 83.0 Å². The summed E-state index contributed by atoms with van der Waals surface area (Å²) < 4.78 is 2.44. The minimum atomic E-state index is -0.105. The fourth-order valence-corrected chi connectivity index (χ4v) is 11.6. The van der Waals surface area contributed by atoms with E-state index in [-0.39, 0.29) is 5.41 Å². The van der Waals surface area contributed by atoms with E-state index >= 15 is 0 Å². The van der Waals surface area contributed by atoms with Gasteiger partial charge in [-0.15, -0.1) is 27.3 Å². The first-order valence-corrected chi connectivity index (χ1v) is 22.8. The molecule has 0 saturated heterocycles. The molecule has 0 atom stereocenters. The molecule has 1 aliphatic rings. The van der Waals surface area contributed by atoms with Crippen LogP contribution in [0.3, 0.4) is 0 Å². The number of benzene rings is 8. The van der Waals surface area contributed by atoms with Gasteiger partial charge < -0.3 is 0 Å². The number of nitrogens with zero attached hydrogens (tertiary/aromatic N) is 2. The molecular weight excluding hydrogens is 745 g/mol. The molecule has 10 rings (SSSR count). The first-order chi connectivity index (χ1) is 30.0. The molecule has 0 saturated carbocycles. The van der Waals surface area contributed by atoms with Gasteiger partial charge in [0.1, 0.15) is 108 Å². The third kappa shape index (κ3) is 5.73. The Hall–Kier alpha value is -5.41. The SMILES string of the molecule is Bc1c(B)c(B)c(-n2c(-c3cccc(-c4c5c(B)c(B)c(B)c(B)c5c(-c5ccc6c(c5)C(C)(C)c5ccccc5-6)c5c(B)c(B)c(B)c(B)c45)c3)nc3ccccc32)c(B)c1B. The summed E-state index contributed by atoms with van der Waals surface area (Å²) in [5.74, 6) is 0.971. The lowest BCUT2D eigenvalue weighted by molar-refractivity contribution is 0.660. The summed E-state index contributed by atoms with van der Waals surface area (Å²) in [6.07, 6.45) is 0. The number of hydrogen-bond donors (Lipinski definition) is 0. The van der Waals surface area contributed by atoms with E-state index in [2.05, 4.69) is 211 Å². The van der Waals surface area contributed by atoms with Crippen molar-refractivity contribution in [3.63, 3.8) is 0 Å². The van der Waals surface area contributed by atoms with Gasteiger partial charge in [-0.05, 0) is 90.3 Å². The van der Waals surface area contributed by atoms with Crippen molar-refractivity contribution in [2.75, 3.05) is 0 Å². The minimum absolute atomic E-state index is 0.105. The molecule has 0 aliphatic heterocycles. The van der Waals surface area contributed by atoms with Crippen LogP contribution in [-0.4, -0.2) is 112 Å². The first kappa shape index (κ1) is 41.6. The molecule has 0 radical (unpaired) electrons. The summed E-state index contributed by atoms with van der Waals surface area (Å²) in [7, 11) is 30.1. The molecule has 2 nitrogen and oxygen atoms in total. The molecule has 0 spiro atoms. The van der Waals surface area contributed by atoms with E-state index in [4.69, 9.17) is 4.98 Å². The zero-order chi connectivity index (χ0) is 44.7. The number of hydrogen-bond acceptors (Lipinski definition) is 1. The maximum Gasteiger partial charge on any atom is 0.145 e. The molecule has 9 aromatic rings. The zero-order valence-electron chi connectivity index (χ0n) is 40.1. The zero-order valence-corrected chi connectivity index (χ0v) is 40.1. The van der Waals surface area contributed by atoms with Crippen molar-refractivity contribution in [1.29, 1.82) is 0 Å². The maximum absolute atomic E-state index is 5.47. The topological polar surface area (TPSA) is 17.8 Å². The van der Waals surface area contributed by atoms with Crippen LogP contribution >= 0.6 is 0 Å². The second-order valence-corrected chi connectivity index (χ2v) is 19.5. The predicted octanol–water partition coefficient (Wildman–Crippen LogP) is -10.0. The lowest BCUT2D eigenvalue weighted by Crippen LogP contribution is -2.56. The van der Waals surface area contributed by atoms with Gasteiger partial charge in [0.2, 0.25) is 0 Å². The number of aromatic nitrogens is 2. The van der Waals surface area contributed by atoms with Crippen LogP contribution in [0.2, 0.25) is 0 Å². The average Bonchev–Trinajstić information content (AvgIpc) is 3.78. The number of fused-ring (bicyclic) bond motifs is 6. The minimum Gasteiger partial charge on any atom is -0.294 e. The van der Waals surface area contributed by atoms with Gasteiger partial charge in [0.05, 0.1) is 11.0 Å². The van der Waals surface area contributed by atoms with Crippen LogP contribution in [0, 0.1) is 0 Å². The van der Waals surface area contributed by atoms with Crippen LogP contribution in [0.1, 0.15) is 25.0 Å². The number of imidazole rings is 1. The lowest BCUT2D eigenvalue weighted by atomic mass is 9.59. The molecule has 0 bridgehead atoms. The number of rotatable bonds is 4. The second kappa shape index (κ2) is 14.6. The molecule has 1 aromatic heterocycles. The van der Waals surface area contributed by atoms with Gasteiger partial charge in [0, 0.05) is 16.7 Å². The lowest BCUT2D eigenvalue weighted by Gasteiger charge is -2.29. The summed E-state index contributed by atoms with van der Waals surface area (Å²) in [6, 6.07) is 34.3. The van der Waals surface area contributed by atoms with E-state index in [1.165, 1.54) is 143 Å². The molecule has 0 amide bonds. The Morgan fingerprint density at radius 3 is 1.41 bits per heavy atom. The van der Waals surface area contributed by atoms with Crippen LogP contribution < -0.4 is 71.0 Å². The van der Waals surface area contributed by atoms with Crippen LogP contribution in [0.15, 0.2) is 91.0 Å². The van der Waals surface area contributed by atoms with Crippen molar-refractivity contribution in [2.24, 2.45) is 0 Å². The molecule has 0 N–H and O–H groups in total. The second-order valence-electron chi connectivity index (χ2n) is 19.5.